The Hall–Kier alpha value is -3.15. The number of benzene rings is 2. The number of carboxylic acid groups (broad SMARTS) is 1. The quantitative estimate of drug-likeness (QED) is 0.278. The van der Waals surface area contributed by atoms with E-state index in [4.69, 9.17) is 32.2 Å². The van der Waals surface area contributed by atoms with Gasteiger partial charge in [0.2, 0.25) is 0 Å². The van der Waals surface area contributed by atoms with E-state index in [0.717, 1.165) is 26.3 Å². The lowest BCUT2D eigenvalue weighted by atomic mass is 10.0. The molecular weight excluding hydrogens is 541 g/mol. The van der Waals surface area contributed by atoms with E-state index in [1.54, 1.807) is 12.1 Å². The summed E-state index contributed by atoms with van der Waals surface area (Å²) < 4.78 is 32.7. The maximum absolute atomic E-state index is 12.7. The Morgan fingerprint density at radius 2 is 1.85 bits per heavy atom. The average molecular weight is 558 g/mol. The van der Waals surface area contributed by atoms with Gasteiger partial charge >= 0.3 is 12.1 Å². The van der Waals surface area contributed by atoms with Gasteiger partial charge < -0.3 is 21.1 Å². The molecule has 2 aromatic carbocycles. The van der Waals surface area contributed by atoms with E-state index in [-0.39, 0.29) is 5.91 Å². The predicted octanol–water partition coefficient (Wildman–Crippen LogP) is 5.12. The first-order valence-corrected chi connectivity index (χ1v) is 10.8. The van der Waals surface area contributed by atoms with Crippen molar-refractivity contribution in [1.82, 2.24) is 15.3 Å². The molecule has 7 nitrogen and oxygen atoms in total. The van der Waals surface area contributed by atoms with Crippen LogP contribution in [-0.4, -0.2) is 46.2 Å². The largest absolute Gasteiger partial charge is 0.490 e. The molecule has 2 heterocycles. The number of fused-ring (bicyclic) bond motifs is 2. The van der Waals surface area contributed by atoms with Gasteiger partial charge in [-0.25, -0.2) is 9.78 Å². The molecule has 1 amide bonds. The molecule has 0 aliphatic heterocycles. The van der Waals surface area contributed by atoms with Gasteiger partial charge in [0.25, 0.3) is 5.91 Å². The first-order valence-electron chi connectivity index (χ1n) is 9.67. The van der Waals surface area contributed by atoms with Gasteiger partial charge in [-0.3, -0.25) is 4.79 Å². The van der Waals surface area contributed by atoms with Crippen molar-refractivity contribution >= 4 is 61.2 Å². The number of nitrogens with zero attached hydrogens (tertiary/aromatic N) is 1. The van der Waals surface area contributed by atoms with Crippen molar-refractivity contribution in [2.75, 3.05) is 13.1 Å². The zero-order valence-electron chi connectivity index (χ0n) is 17.2. The zero-order valence-corrected chi connectivity index (χ0v) is 19.6. The summed E-state index contributed by atoms with van der Waals surface area (Å²) in [5, 5.41) is 12.3. The lowest BCUT2D eigenvalue weighted by molar-refractivity contribution is -0.192. The number of aromatic amines is 1. The van der Waals surface area contributed by atoms with Crippen LogP contribution < -0.4 is 11.1 Å². The fraction of sp³-hybridized carbons (Fsp3) is 0.136. The van der Waals surface area contributed by atoms with Gasteiger partial charge in [0, 0.05) is 50.6 Å². The summed E-state index contributed by atoms with van der Waals surface area (Å²) in [4.78, 5) is 29.6. The van der Waals surface area contributed by atoms with Gasteiger partial charge in [0.1, 0.15) is 0 Å². The van der Waals surface area contributed by atoms with Crippen molar-refractivity contribution in [2.45, 2.75) is 6.18 Å². The highest BCUT2D eigenvalue weighted by Crippen LogP contribution is 2.32. The van der Waals surface area contributed by atoms with Crippen molar-refractivity contribution < 1.29 is 27.9 Å². The van der Waals surface area contributed by atoms with E-state index in [0.29, 0.717) is 34.9 Å². The molecule has 178 valence electrons. The molecule has 0 aliphatic rings. The van der Waals surface area contributed by atoms with E-state index < -0.39 is 12.1 Å². The van der Waals surface area contributed by atoms with Crippen LogP contribution in [0.4, 0.5) is 13.2 Å². The predicted molar refractivity (Wildman–Crippen MR) is 127 cm³/mol. The van der Waals surface area contributed by atoms with Crippen LogP contribution in [0.1, 0.15) is 10.4 Å². The van der Waals surface area contributed by atoms with Crippen LogP contribution >= 0.6 is 27.5 Å². The minimum absolute atomic E-state index is 0.183. The number of hydrogen-bond donors (Lipinski definition) is 4. The summed E-state index contributed by atoms with van der Waals surface area (Å²) in [6.07, 6.45) is -3.18. The molecule has 4 rings (SSSR count). The van der Waals surface area contributed by atoms with Crippen LogP contribution in [0.5, 0.6) is 0 Å². The molecule has 0 unspecified atom stereocenters. The van der Waals surface area contributed by atoms with E-state index in [9.17, 15) is 18.0 Å². The van der Waals surface area contributed by atoms with Gasteiger partial charge in [-0.2, -0.15) is 13.2 Å². The summed E-state index contributed by atoms with van der Waals surface area (Å²) in [5.74, 6) is -2.94. The number of carbonyl (C=O) groups is 2. The SMILES string of the molecule is NCCNC(=O)c1cc(-c2c[nH]c3ccc(Br)cc23)nc2cc(Cl)ccc12.O=C(O)C(F)(F)F. The molecule has 5 N–H and O–H groups in total. The third kappa shape index (κ3) is 5.85. The van der Waals surface area contributed by atoms with Crippen molar-refractivity contribution in [1.29, 1.82) is 0 Å². The van der Waals surface area contributed by atoms with Gasteiger partial charge in [0.05, 0.1) is 16.8 Å². The highest BCUT2D eigenvalue weighted by molar-refractivity contribution is 9.10. The van der Waals surface area contributed by atoms with Gasteiger partial charge in [0.15, 0.2) is 0 Å². The maximum Gasteiger partial charge on any atom is 0.490 e. The number of H-pyrrole nitrogens is 1. The number of halogens is 5. The summed E-state index contributed by atoms with van der Waals surface area (Å²) >= 11 is 9.67. The number of carboxylic acids is 1. The number of aliphatic carboxylic acids is 1. The highest BCUT2D eigenvalue weighted by Gasteiger charge is 2.38. The Kier molecular flexibility index (Phi) is 7.80. The second-order valence-corrected chi connectivity index (χ2v) is 8.31. The topological polar surface area (TPSA) is 121 Å². The first-order chi connectivity index (χ1) is 16.0. The molecule has 0 radical (unpaired) electrons. The number of hydrogen-bond acceptors (Lipinski definition) is 4. The Bertz CT molecular complexity index is 1380. The van der Waals surface area contributed by atoms with E-state index >= 15 is 0 Å². The maximum atomic E-state index is 12.7. The Morgan fingerprint density at radius 3 is 2.50 bits per heavy atom. The smallest absolute Gasteiger partial charge is 0.475 e. The summed E-state index contributed by atoms with van der Waals surface area (Å²) in [5.41, 5.74) is 9.35. The molecule has 0 spiro atoms. The number of rotatable bonds is 4. The number of nitrogens with two attached hydrogens (primary N) is 1. The van der Waals surface area contributed by atoms with Crippen molar-refractivity contribution in [2.24, 2.45) is 5.73 Å². The molecular formula is C22H17BrClF3N4O3. The molecule has 34 heavy (non-hydrogen) atoms. The van der Waals surface area contributed by atoms with Crippen LogP contribution in [0.25, 0.3) is 33.1 Å². The molecule has 4 aromatic rings. The second-order valence-electron chi connectivity index (χ2n) is 6.96. The van der Waals surface area contributed by atoms with Crippen LogP contribution in [0, 0.1) is 0 Å². The summed E-state index contributed by atoms with van der Waals surface area (Å²) in [6.45, 7) is 0.787. The molecule has 0 aliphatic carbocycles. The van der Waals surface area contributed by atoms with Gasteiger partial charge in [-0.05, 0) is 36.4 Å². The monoisotopic (exact) mass is 556 g/mol. The Morgan fingerprint density at radius 1 is 1.15 bits per heavy atom. The van der Waals surface area contributed by atoms with Crippen molar-refractivity contribution in [3.05, 3.63) is 63.7 Å². The Labute approximate surface area is 204 Å². The summed E-state index contributed by atoms with van der Waals surface area (Å²) in [6, 6.07) is 13.2. The van der Waals surface area contributed by atoms with Crippen molar-refractivity contribution in [3.8, 4) is 11.3 Å². The number of carbonyl (C=O) groups excluding carboxylic acids is 1. The summed E-state index contributed by atoms with van der Waals surface area (Å²) in [7, 11) is 0. The van der Waals surface area contributed by atoms with Gasteiger partial charge in [-0.1, -0.05) is 33.6 Å². The number of aromatic nitrogens is 2. The number of alkyl halides is 3. The lowest BCUT2D eigenvalue weighted by Crippen LogP contribution is -2.29. The minimum atomic E-state index is -5.08. The van der Waals surface area contributed by atoms with E-state index in [1.807, 2.05) is 36.5 Å². The van der Waals surface area contributed by atoms with Crippen LogP contribution in [-0.2, 0) is 4.79 Å². The minimum Gasteiger partial charge on any atom is -0.475 e. The molecule has 12 heteroatoms. The molecule has 0 saturated heterocycles. The van der Waals surface area contributed by atoms with E-state index in [2.05, 4.69) is 26.2 Å². The normalized spacial score (nSPS) is 11.2. The molecule has 0 fully saturated rings. The number of nitrogens with one attached hydrogen (secondary N) is 2. The van der Waals surface area contributed by atoms with Crippen LogP contribution in [0.3, 0.4) is 0 Å². The number of amides is 1. The van der Waals surface area contributed by atoms with Crippen LogP contribution in [0.2, 0.25) is 5.02 Å². The second kappa shape index (κ2) is 10.4. The van der Waals surface area contributed by atoms with Crippen LogP contribution in [0.15, 0.2) is 53.1 Å². The average Bonchev–Trinajstić information content (AvgIpc) is 3.19. The lowest BCUT2D eigenvalue weighted by Gasteiger charge is -2.10. The van der Waals surface area contributed by atoms with Gasteiger partial charge in [-0.15, -0.1) is 0 Å². The molecule has 0 saturated carbocycles. The number of pyridine rings is 1. The molecule has 2 aromatic heterocycles. The van der Waals surface area contributed by atoms with E-state index in [1.165, 1.54) is 0 Å². The third-order valence-electron chi connectivity index (χ3n) is 4.61. The Balaban J connectivity index is 0.000000406. The zero-order chi connectivity index (χ0) is 25.0. The standard InChI is InChI=1S/C20H16BrClN4O.C2HF3O2/c21-11-1-4-17-14(7-11)16(10-25-17)19-9-15(20(27)24-6-5-23)13-3-2-12(22)8-18(13)26-19;3-2(4,5)1(6)7/h1-4,7-10,25H,5-6,23H2,(H,24,27);(H,6,7). The fourth-order valence-corrected chi connectivity index (χ4v) is 3.64. The molecule has 0 bridgehead atoms. The first kappa shape index (κ1) is 25.5. The third-order valence-corrected chi connectivity index (χ3v) is 5.34. The molecule has 0 atom stereocenters. The van der Waals surface area contributed by atoms with Crippen molar-refractivity contribution in [3.63, 3.8) is 0 Å². The highest BCUT2D eigenvalue weighted by atomic mass is 79.9. The fourth-order valence-electron chi connectivity index (χ4n) is 3.11.